The molecule has 0 radical (unpaired) electrons. The predicted octanol–water partition coefficient (Wildman–Crippen LogP) is 3.53. The third kappa shape index (κ3) is 8.69. The van der Waals surface area contributed by atoms with Gasteiger partial charge in [0, 0.05) is 26.9 Å². The molecule has 0 aromatic carbocycles. The van der Waals surface area contributed by atoms with Gasteiger partial charge in [-0.1, -0.05) is 33.8 Å². The van der Waals surface area contributed by atoms with Crippen LogP contribution in [0.3, 0.4) is 0 Å². The molecule has 1 aromatic rings. The van der Waals surface area contributed by atoms with Crippen LogP contribution in [-0.4, -0.2) is 32.3 Å². The zero-order chi connectivity index (χ0) is 13.7. The zero-order valence-electron chi connectivity index (χ0n) is 12.4. The lowest BCUT2D eigenvalue weighted by molar-refractivity contribution is 0.206. The summed E-state index contributed by atoms with van der Waals surface area (Å²) >= 11 is 0. The Labute approximate surface area is 107 Å². The number of hydrogen-bond acceptors (Lipinski definition) is 3. The highest BCUT2D eigenvalue weighted by atomic mass is 16.5. The van der Waals surface area contributed by atoms with Crippen LogP contribution >= 0.6 is 0 Å². The van der Waals surface area contributed by atoms with Crippen LogP contribution in [-0.2, 0) is 4.74 Å². The monoisotopic (exact) mass is 240 g/mol. The number of aromatic nitrogens is 1. The van der Waals surface area contributed by atoms with Gasteiger partial charge >= 0.3 is 0 Å². The van der Waals surface area contributed by atoms with Gasteiger partial charge in [-0.05, 0) is 18.6 Å². The molecule has 3 heteroatoms. The van der Waals surface area contributed by atoms with Crippen molar-refractivity contribution in [3.05, 3.63) is 23.9 Å². The highest BCUT2D eigenvalue weighted by Gasteiger charge is 1.99. The maximum atomic E-state index is 4.99. The van der Waals surface area contributed by atoms with Crippen LogP contribution in [0.4, 0.5) is 5.82 Å². The first kappa shape index (κ1) is 18.3. The van der Waals surface area contributed by atoms with Gasteiger partial charge in [-0.15, -0.1) is 0 Å². The van der Waals surface area contributed by atoms with Gasteiger partial charge in [0.2, 0.25) is 0 Å². The number of methoxy groups -OCH3 is 1. The van der Waals surface area contributed by atoms with E-state index in [0.29, 0.717) is 0 Å². The number of nitrogens with zero attached hydrogens (tertiary/aromatic N) is 2. The lowest BCUT2D eigenvalue weighted by Gasteiger charge is -2.17. The number of hydrogen-bond donors (Lipinski definition) is 0. The molecular formula is C14H28N2O. The lowest BCUT2D eigenvalue weighted by Crippen LogP contribution is -2.22. The molecule has 0 aliphatic carbocycles. The average molecular weight is 240 g/mol. The topological polar surface area (TPSA) is 25.4 Å². The highest BCUT2D eigenvalue weighted by Crippen LogP contribution is 2.07. The molecule has 0 bridgehead atoms. The Morgan fingerprint density at radius 2 is 1.76 bits per heavy atom. The Balaban J connectivity index is 0. The van der Waals surface area contributed by atoms with E-state index in [9.17, 15) is 0 Å². The fraction of sp³-hybridized carbons (Fsp3) is 0.643. The van der Waals surface area contributed by atoms with E-state index in [1.807, 2.05) is 53.9 Å². The molecule has 3 nitrogen and oxygen atoms in total. The number of ether oxygens (including phenoxy) is 1. The van der Waals surface area contributed by atoms with Crippen molar-refractivity contribution in [3.8, 4) is 0 Å². The van der Waals surface area contributed by atoms with Gasteiger partial charge in [-0.25, -0.2) is 4.98 Å². The molecule has 0 spiro atoms. The van der Waals surface area contributed by atoms with Gasteiger partial charge in [-0.3, -0.25) is 0 Å². The maximum absolute atomic E-state index is 4.99. The Hall–Kier alpha value is -1.09. The zero-order valence-corrected chi connectivity index (χ0v) is 12.4. The van der Waals surface area contributed by atoms with Crippen molar-refractivity contribution in [3.63, 3.8) is 0 Å². The molecule has 0 aliphatic rings. The molecule has 0 saturated heterocycles. The molecular weight excluding hydrogens is 212 g/mol. The maximum Gasteiger partial charge on any atom is 0.128 e. The smallest absolute Gasteiger partial charge is 0.128 e. The van der Waals surface area contributed by atoms with Crippen molar-refractivity contribution in [1.29, 1.82) is 0 Å². The van der Waals surface area contributed by atoms with Crippen molar-refractivity contribution in [2.45, 2.75) is 34.6 Å². The number of anilines is 1. The Morgan fingerprint density at radius 3 is 2.18 bits per heavy atom. The molecule has 0 unspecified atom stereocenters. The van der Waals surface area contributed by atoms with Gasteiger partial charge in [0.05, 0.1) is 6.61 Å². The Morgan fingerprint density at radius 1 is 1.18 bits per heavy atom. The van der Waals surface area contributed by atoms with Crippen LogP contribution in [0.1, 0.15) is 33.3 Å². The van der Waals surface area contributed by atoms with Crippen molar-refractivity contribution in [1.82, 2.24) is 4.98 Å². The van der Waals surface area contributed by atoms with Gasteiger partial charge in [0.1, 0.15) is 5.82 Å². The van der Waals surface area contributed by atoms with Gasteiger partial charge in [0.25, 0.3) is 0 Å². The molecule has 0 N–H and O–H groups in total. The second-order valence-electron chi connectivity index (χ2n) is 3.11. The standard InChI is InChI=1S/C10H16N2O.2C2H6/c1-9-4-5-10(11-8-9)12(2)6-7-13-3;2*1-2/h4-5,8H,6-7H2,1-3H3;2*1-2H3. The van der Waals surface area contributed by atoms with Gasteiger partial charge in [-0.2, -0.15) is 0 Å². The van der Waals surface area contributed by atoms with E-state index >= 15 is 0 Å². The molecule has 1 rings (SSSR count). The fourth-order valence-electron chi connectivity index (χ4n) is 1.03. The Kier molecular flexibility index (Phi) is 14.0. The van der Waals surface area contributed by atoms with Crippen molar-refractivity contribution >= 4 is 5.82 Å². The van der Waals surface area contributed by atoms with Crippen molar-refractivity contribution in [2.24, 2.45) is 0 Å². The summed E-state index contributed by atoms with van der Waals surface area (Å²) < 4.78 is 4.99. The number of rotatable bonds is 4. The van der Waals surface area contributed by atoms with Crippen molar-refractivity contribution in [2.75, 3.05) is 32.2 Å². The average Bonchev–Trinajstić information content (AvgIpc) is 2.41. The first-order valence-corrected chi connectivity index (χ1v) is 6.37. The third-order valence-electron chi connectivity index (χ3n) is 1.92. The summed E-state index contributed by atoms with van der Waals surface area (Å²) in [7, 11) is 3.72. The molecule has 0 atom stereocenters. The van der Waals surface area contributed by atoms with Crippen LogP contribution in [0.2, 0.25) is 0 Å². The molecule has 0 saturated carbocycles. The van der Waals surface area contributed by atoms with E-state index < -0.39 is 0 Å². The first-order chi connectivity index (χ1) is 8.24. The van der Waals surface area contributed by atoms with Crippen molar-refractivity contribution < 1.29 is 4.74 Å². The van der Waals surface area contributed by atoms with E-state index in [1.54, 1.807) is 7.11 Å². The quantitative estimate of drug-likeness (QED) is 0.805. The summed E-state index contributed by atoms with van der Waals surface area (Å²) in [4.78, 5) is 6.37. The summed E-state index contributed by atoms with van der Waals surface area (Å²) in [5, 5.41) is 0. The van der Waals surface area contributed by atoms with E-state index in [0.717, 1.165) is 19.0 Å². The summed E-state index contributed by atoms with van der Waals surface area (Å²) in [5.74, 6) is 0.989. The number of pyridine rings is 1. The molecule has 0 amide bonds. The number of likely N-dealkylation sites (N-methyl/N-ethyl adjacent to an activating group) is 1. The van der Waals surface area contributed by atoms with E-state index in [2.05, 4.69) is 16.0 Å². The molecule has 1 aromatic heterocycles. The predicted molar refractivity (Wildman–Crippen MR) is 76.8 cm³/mol. The third-order valence-corrected chi connectivity index (χ3v) is 1.92. The van der Waals surface area contributed by atoms with E-state index in [4.69, 9.17) is 4.74 Å². The molecule has 0 fully saturated rings. The largest absolute Gasteiger partial charge is 0.383 e. The normalized spacial score (nSPS) is 8.41. The fourth-order valence-corrected chi connectivity index (χ4v) is 1.03. The second-order valence-corrected chi connectivity index (χ2v) is 3.11. The minimum atomic E-state index is 0.728. The van der Waals surface area contributed by atoms with Crippen LogP contribution in [0.5, 0.6) is 0 Å². The minimum Gasteiger partial charge on any atom is -0.383 e. The van der Waals surface area contributed by atoms with Gasteiger partial charge in [0.15, 0.2) is 0 Å². The number of aryl methyl sites for hydroxylation is 1. The Bertz CT molecular complexity index is 247. The van der Waals surface area contributed by atoms with E-state index in [1.165, 1.54) is 5.56 Å². The van der Waals surface area contributed by atoms with Gasteiger partial charge < -0.3 is 9.64 Å². The summed E-state index contributed by atoms with van der Waals surface area (Å²) in [6.07, 6.45) is 1.87. The van der Waals surface area contributed by atoms with Crippen LogP contribution in [0.15, 0.2) is 18.3 Å². The summed E-state index contributed by atoms with van der Waals surface area (Å²) in [5.41, 5.74) is 1.18. The molecule has 100 valence electrons. The van der Waals surface area contributed by atoms with Crippen LogP contribution < -0.4 is 4.90 Å². The van der Waals surface area contributed by atoms with Crippen LogP contribution in [0, 0.1) is 6.92 Å². The SMILES string of the molecule is CC.CC.COCCN(C)c1ccc(C)cn1. The summed E-state index contributed by atoms with van der Waals surface area (Å²) in [6, 6.07) is 4.08. The van der Waals surface area contributed by atoms with Crippen LogP contribution in [0.25, 0.3) is 0 Å². The van der Waals surface area contributed by atoms with E-state index in [-0.39, 0.29) is 0 Å². The first-order valence-electron chi connectivity index (χ1n) is 6.37. The molecule has 1 heterocycles. The molecule has 17 heavy (non-hydrogen) atoms. The minimum absolute atomic E-state index is 0.728. The lowest BCUT2D eigenvalue weighted by atomic mass is 10.3. The second kappa shape index (κ2) is 13.0. The highest BCUT2D eigenvalue weighted by molar-refractivity contribution is 5.37. The molecule has 0 aliphatic heterocycles. The summed E-state index contributed by atoms with van der Waals surface area (Å²) in [6.45, 7) is 11.6.